The molecule has 28 heavy (non-hydrogen) atoms. The quantitative estimate of drug-likeness (QED) is 0.447. The second kappa shape index (κ2) is 8.49. The van der Waals surface area contributed by atoms with Gasteiger partial charge in [-0.25, -0.2) is 13.4 Å². The molecule has 2 aromatic carbocycles. The third kappa shape index (κ3) is 5.14. The number of benzene rings is 2. The second-order valence-electron chi connectivity index (χ2n) is 5.94. The predicted molar refractivity (Wildman–Crippen MR) is 110 cm³/mol. The van der Waals surface area contributed by atoms with Crippen molar-refractivity contribution in [3.63, 3.8) is 0 Å². The lowest BCUT2D eigenvalue weighted by Gasteiger charge is -2.08. The van der Waals surface area contributed by atoms with E-state index in [0.29, 0.717) is 16.4 Å². The molecule has 0 amide bonds. The smallest absolute Gasteiger partial charge is 0.229 e. The lowest BCUT2D eigenvalue weighted by atomic mass is 10.1. The summed E-state index contributed by atoms with van der Waals surface area (Å²) in [5.74, 6) is 0.911. The molecule has 3 rings (SSSR count). The highest BCUT2D eigenvalue weighted by Gasteiger charge is 2.11. The van der Waals surface area contributed by atoms with Crippen LogP contribution in [-0.2, 0) is 10.0 Å². The molecule has 1 aromatic heterocycles. The topological polar surface area (TPSA) is 90.3 Å². The van der Waals surface area contributed by atoms with Crippen molar-refractivity contribution >= 4 is 33.3 Å². The van der Waals surface area contributed by atoms with Gasteiger partial charge in [0, 0.05) is 29.3 Å². The normalized spacial score (nSPS) is 11.2. The van der Waals surface area contributed by atoms with E-state index in [-0.39, 0.29) is 11.5 Å². The van der Waals surface area contributed by atoms with Crippen molar-refractivity contribution in [2.45, 2.75) is 5.16 Å². The molecule has 0 unspecified atom stereocenters. The largest absolute Gasteiger partial charge is 0.497 e. The highest BCUT2D eigenvalue weighted by atomic mass is 32.2. The van der Waals surface area contributed by atoms with Crippen molar-refractivity contribution < 1.29 is 17.9 Å². The molecule has 0 bridgehead atoms. The van der Waals surface area contributed by atoms with Crippen LogP contribution in [0.2, 0.25) is 0 Å². The van der Waals surface area contributed by atoms with E-state index >= 15 is 0 Å². The van der Waals surface area contributed by atoms with Gasteiger partial charge in [0.2, 0.25) is 10.0 Å². The summed E-state index contributed by atoms with van der Waals surface area (Å²) in [5, 5.41) is 0.703. The van der Waals surface area contributed by atoms with E-state index in [1.54, 1.807) is 37.6 Å². The van der Waals surface area contributed by atoms with Crippen LogP contribution in [0.1, 0.15) is 10.4 Å². The van der Waals surface area contributed by atoms with E-state index in [2.05, 4.69) is 9.71 Å². The number of carbonyl (C=O) groups excluding carboxylic acids is 1. The molecule has 0 fully saturated rings. The lowest BCUT2D eigenvalue weighted by molar-refractivity contribution is 0.102. The van der Waals surface area contributed by atoms with Gasteiger partial charge in [-0.3, -0.25) is 14.1 Å². The summed E-state index contributed by atoms with van der Waals surface area (Å²) < 4.78 is 31.9. The highest BCUT2D eigenvalue weighted by molar-refractivity contribution is 7.99. The lowest BCUT2D eigenvalue weighted by Crippen LogP contribution is -2.10. The van der Waals surface area contributed by atoms with Gasteiger partial charge in [-0.05, 0) is 48.5 Å². The maximum atomic E-state index is 12.5. The van der Waals surface area contributed by atoms with Gasteiger partial charge in [0.25, 0.3) is 0 Å². The maximum Gasteiger partial charge on any atom is 0.229 e. The summed E-state index contributed by atoms with van der Waals surface area (Å²) in [6.45, 7) is 0. The van der Waals surface area contributed by atoms with Gasteiger partial charge in [0.15, 0.2) is 10.9 Å². The van der Waals surface area contributed by atoms with Crippen molar-refractivity contribution in [3.8, 4) is 11.4 Å². The predicted octanol–water partition coefficient (Wildman–Crippen LogP) is 3.23. The average Bonchev–Trinajstić information content (AvgIpc) is 3.14. The fraction of sp³-hybridized carbons (Fsp3) is 0.158. The number of Topliss-reactive ketones (excluding diaryl/α,β-unsaturated/α-hetero) is 1. The molecule has 7 nitrogen and oxygen atoms in total. The number of anilines is 1. The number of ether oxygens (including phenoxy) is 1. The first-order valence-electron chi connectivity index (χ1n) is 8.27. The molecule has 1 N–H and O–H groups in total. The SMILES string of the molecule is COc1ccc(-n2ccnc2SCC(=O)c2ccc(NS(C)(=O)=O)cc2)cc1. The Morgan fingerprint density at radius 1 is 1.14 bits per heavy atom. The fourth-order valence-electron chi connectivity index (χ4n) is 2.49. The van der Waals surface area contributed by atoms with Crippen LogP contribution in [0, 0.1) is 0 Å². The van der Waals surface area contributed by atoms with E-state index in [1.165, 1.54) is 11.8 Å². The summed E-state index contributed by atoms with van der Waals surface area (Å²) in [6.07, 6.45) is 4.59. The van der Waals surface area contributed by atoms with Gasteiger partial charge in [-0.1, -0.05) is 11.8 Å². The second-order valence-corrected chi connectivity index (χ2v) is 8.63. The van der Waals surface area contributed by atoms with Crippen LogP contribution in [0.15, 0.2) is 66.1 Å². The molecule has 0 atom stereocenters. The number of methoxy groups -OCH3 is 1. The number of nitrogens with one attached hydrogen (secondary N) is 1. The summed E-state index contributed by atoms with van der Waals surface area (Å²) in [5.41, 5.74) is 1.85. The highest BCUT2D eigenvalue weighted by Crippen LogP contribution is 2.23. The van der Waals surface area contributed by atoms with Crippen LogP contribution in [0.25, 0.3) is 5.69 Å². The number of sulfonamides is 1. The number of aromatic nitrogens is 2. The van der Waals surface area contributed by atoms with Crippen molar-refractivity contribution in [2.75, 3.05) is 23.8 Å². The molecule has 1 heterocycles. The zero-order valence-corrected chi connectivity index (χ0v) is 17.0. The van der Waals surface area contributed by atoms with Gasteiger partial charge in [0.1, 0.15) is 5.75 Å². The molecular weight excluding hydrogens is 398 g/mol. The van der Waals surface area contributed by atoms with Crippen molar-refractivity contribution in [2.24, 2.45) is 0 Å². The Bertz CT molecular complexity index is 1060. The minimum atomic E-state index is -3.34. The van der Waals surface area contributed by atoms with Crippen LogP contribution in [0.4, 0.5) is 5.69 Å². The third-order valence-electron chi connectivity index (χ3n) is 3.80. The van der Waals surface area contributed by atoms with E-state index in [9.17, 15) is 13.2 Å². The number of rotatable bonds is 8. The number of hydrogen-bond donors (Lipinski definition) is 1. The van der Waals surface area contributed by atoms with Crippen molar-refractivity contribution in [1.29, 1.82) is 0 Å². The summed E-state index contributed by atoms with van der Waals surface area (Å²) in [7, 11) is -1.73. The Kier molecular flexibility index (Phi) is 6.05. The van der Waals surface area contributed by atoms with Crippen molar-refractivity contribution in [3.05, 3.63) is 66.5 Å². The third-order valence-corrected chi connectivity index (χ3v) is 5.37. The number of nitrogens with zero attached hydrogens (tertiary/aromatic N) is 2. The average molecular weight is 418 g/mol. The molecule has 0 aliphatic carbocycles. The minimum Gasteiger partial charge on any atom is -0.497 e. The zero-order chi connectivity index (χ0) is 20.1. The molecule has 3 aromatic rings. The zero-order valence-electron chi connectivity index (χ0n) is 15.3. The van der Waals surface area contributed by atoms with E-state index in [0.717, 1.165) is 17.7 Å². The number of ketones is 1. The van der Waals surface area contributed by atoms with Crippen LogP contribution in [0.5, 0.6) is 5.75 Å². The fourth-order valence-corrected chi connectivity index (χ4v) is 3.92. The van der Waals surface area contributed by atoms with E-state index < -0.39 is 10.0 Å². The van der Waals surface area contributed by atoms with Gasteiger partial charge in [-0.15, -0.1) is 0 Å². The Morgan fingerprint density at radius 2 is 1.82 bits per heavy atom. The molecule has 0 saturated carbocycles. The number of carbonyl (C=O) groups is 1. The molecule has 9 heteroatoms. The molecule has 0 aliphatic heterocycles. The van der Waals surface area contributed by atoms with Crippen LogP contribution in [-0.4, -0.2) is 42.9 Å². The standard InChI is InChI=1S/C19H19N3O4S2/c1-26-17-9-7-16(8-10-17)22-12-11-20-19(22)27-13-18(23)14-3-5-15(6-4-14)21-28(2,24)25/h3-12,21H,13H2,1-2H3. The molecule has 0 saturated heterocycles. The first-order valence-corrected chi connectivity index (χ1v) is 11.1. The monoisotopic (exact) mass is 417 g/mol. The Hall–Kier alpha value is -2.78. The summed E-state index contributed by atoms with van der Waals surface area (Å²) in [4.78, 5) is 16.8. The molecule has 0 radical (unpaired) electrons. The molecule has 0 aliphatic rings. The summed E-state index contributed by atoms with van der Waals surface area (Å²) >= 11 is 1.34. The van der Waals surface area contributed by atoms with Gasteiger partial charge in [-0.2, -0.15) is 0 Å². The first-order chi connectivity index (χ1) is 13.4. The molecular formula is C19H19N3O4S2. The Morgan fingerprint density at radius 3 is 2.43 bits per heavy atom. The van der Waals surface area contributed by atoms with Gasteiger partial charge < -0.3 is 4.74 Å². The summed E-state index contributed by atoms with van der Waals surface area (Å²) in [6, 6.07) is 13.9. The first kappa shape index (κ1) is 20.0. The van der Waals surface area contributed by atoms with Crippen molar-refractivity contribution in [1.82, 2.24) is 9.55 Å². The van der Waals surface area contributed by atoms with Crippen LogP contribution in [0.3, 0.4) is 0 Å². The van der Waals surface area contributed by atoms with Crippen LogP contribution >= 0.6 is 11.8 Å². The minimum absolute atomic E-state index is 0.0693. The van der Waals surface area contributed by atoms with E-state index in [4.69, 9.17) is 4.74 Å². The number of imidazole rings is 1. The number of hydrogen-bond acceptors (Lipinski definition) is 6. The van der Waals surface area contributed by atoms with Crippen LogP contribution < -0.4 is 9.46 Å². The van der Waals surface area contributed by atoms with Gasteiger partial charge in [0.05, 0.1) is 19.1 Å². The van der Waals surface area contributed by atoms with Gasteiger partial charge >= 0.3 is 0 Å². The molecule has 0 spiro atoms. The maximum absolute atomic E-state index is 12.5. The van der Waals surface area contributed by atoms with E-state index in [1.807, 2.05) is 35.0 Å². The Labute approximate surface area is 167 Å². The number of thioether (sulfide) groups is 1. The Balaban J connectivity index is 1.66. The molecule has 146 valence electrons.